The molecule has 0 amide bonds. The van der Waals surface area contributed by atoms with E-state index in [0.29, 0.717) is 28.5 Å². The highest BCUT2D eigenvalue weighted by Gasteiger charge is 2.25. The van der Waals surface area contributed by atoms with Crippen LogP contribution in [0.3, 0.4) is 0 Å². The van der Waals surface area contributed by atoms with Crippen molar-refractivity contribution in [2.45, 2.75) is 37.8 Å². The Labute approximate surface area is 189 Å². The lowest BCUT2D eigenvalue weighted by molar-refractivity contribution is -0.138. The summed E-state index contributed by atoms with van der Waals surface area (Å²) >= 11 is 5.87. The van der Waals surface area contributed by atoms with E-state index in [1.165, 1.54) is 18.5 Å². The number of aliphatic carboxylic acids is 1. The molecular weight excluding hydrogens is 437 g/mol. The molecule has 9 nitrogen and oxygen atoms in total. The van der Waals surface area contributed by atoms with Crippen LogP contribution in [-0.4, -0.2) is 61.6 Å². The summed E-state index contributed by atoms with van der Waals surface area (Å²) in [5, 5.41) is 15.5. The van der Waals surface area contributed by atoms with Crippen molar-refractivity contribution in [1.29, 1.82) is 0 Å². The van der Waals surface area contributed by atoms with E-state index in [-0.39, 0.29) is 23.7 Å². The molecular formula is C21H23ClFN7O2. The maximum Gasteiger partial charge on any atom is 0.317 e. The van der Waals surface area contributed by atoms with Gasteiger partial charge in [-0.05, 0) is 50.9 Å². The van der Waals surface area contributed by atoms with E-state index in [1.54, 1.807) is 12.3 Å². The van der Waals surface area contributed by atoms with Gasteiger partial charge in [0.05, 0.1) is 17.8 Å². The van der Waals surface area contributed by atoms with E-state index in [4.69, 9.17) is 16.7 Å². The minimum absolute atomic E-state index is 0.00921. The second kappa shape index (κ2) is 9.58. The van der Waals surface area contributed by atoms with Crippen LogP contribution < -0.4 is 10.6 Å². The molecule has 2 heterocycles. The molecule has 3 N–H and O–H groups in total. The number of anilines is 3. The lowest BCUT2D eigenvalue weighted by atomic mass is 9.90. The molecule has 3 aromatic rings. The highest BCUT2D eigenvalue weighted by atomic mass is 35.5. The Balaban J connectivity index is 1.46. The molecule has 1 aromatic carbocycles. The van der Waals surface area contributed by atoms with Crippen molar-refractivity contribution in [2.75, 3.05) is 24.2 Å². The fourth-order valence-electron chi connectivity index (χ4n) is 3.91. The first-order valence-electron chi connectivity index (χ1n) is 10.3. The number of halogens is 2. The third-order valence-electron chi connectivity index (χ3n) is 5.60. The molecule has 11 heteroatoms. The van der Waals surface area contributed by atoms with Crippen molar-refractivity contribution < 1.29 is 14.3 Å². The summed E-state index contributed by atoms with van der Waals surface area (Å²) in [7, 11) is 1.85. The molecule has 32 heavy (non-hydrogen) atoms. The lowest BCUT2D eigenvalue weighted by Gasteiger charge is -2.34. The van der Waals surface area contributed by atoms with E-state index in [1.807, 2.05) is 11.9 Å². The summed E-state index contributed by atoms with van der Waals surface area (Å²) in [5.41, 5.74) is 1.67. The molecule has 4 rings (SSSR count). The van der Waals surface area contributed by atoms with Gasteiger partial charge in [-0.3, -0.25) is 9.69 Å². The van der Waals surface area contributed by atoms with Crippen LogP contribution in [0.4, 0.5) is 21.8 Å². The van der Waals surface area contributed by atoms with Crippen molar-refractivity contribution in [3.8, 4) is 0 Å². The molecule has 2 aromatic heterocycles. The summed E-state index contributed by atoms with van der Waals surface area (Å²) in [6, 6.07) is 4.77. The van der Waals surface area contributed by atoms with E-state index < -0.39 is 11.8 Å². The molecule has 1 saturated carbocycles. The monoisotopic (exact) mass is 459 g/mol. The number of carbonyl (C=O) groups is 1. The van der Waals surface area contributed by atoms with Crippen LogP contribution in [0.1, 0.15) is 25.7 Å². The second-order valence-electron chi connectivity index (χ2n) is 7.86. The van der Waals surface area contributed by atoms with Gasteiger partial charge in [0.2, 0.25) is 5.95 Å². The largest absolute Gasteiger partial charge is 0.480 e. The van der Waals surface area contributed by atoms with Gasteiger partial charge in [0, 0.05) is 17.8 Å². The number of fused-ring (bicyclic) bond motifs is 1. The topological polar surface area (TPSA) is 116 Å². The van der Waals surface area contributed by atoms with Crippen LogP contribution in [0.5, 0.6) is 0 Å². The number of rotatable bonds is 7. The first-order valence-corrected chi connectivity index (χ1v) is 10.6. The Bertz CT molecular complexity index is 1120. The van der Waals surface area contributed by atoms with Crippen LogP contribution in [0.2, 0.25) is 5.02 Å². The number of likely N-dealkylation sites (N-methyl/N-ethyl adjacent to an activating group) is 1. The highest BCUT2D eigenvalue weighted by molar-refractivity contribution is 6.31. The van der Waals surface area contributed by atoms with Crippen molar-refractivity contribution in [1.82, 2.24) is 24.8 Å². The van der Waals surface area contributed by atoms with Crippen molar-refractivity contribution in [3.05, 3.63) is 41.6 Å². The van der Waals surface area contributed by atoms with Gasteiger partial charge in [-0.1, -0.05) is 11.6 Å². The minimum atomic E-state index is -0.813. The Kier molecular flexibility index (Phi) is 6.61. The smallest absolute Gasteiger partial charge is 0.317 e. The second-order valence-corrected chi connectivity index (χ2v) is 8.27. The Morgan fingerprint density at radius 1 is 1.25 bits per heavy atom. The van der Waals surface area contributed by atoms with Gasteiger partial charge in [-0.2, -0.15) is 0 Å². The van der Waals surface area contributed by atoms with Crippen LogP contribution >= 0.6 is 11.6 Å². The number of nitrogens with one attached hydrogen (secondary N) is 2. The Hall–Kier alpha value is -3.11. The average molecular weight is 460 g/mol. The van der Waals surface area contributed by atoms with Crippen LogP contribution in [-0.2, 0) is 4.79 Å². The van der Waals surface area contributed by atoms with Gasteiger partial charge in [0.1, 0.15) is 23.2 Å². The number of carboxylic acids is 1. The fourth-order valence-corrected chi connectivity index (χ4v) is 4.09. The van der Waals surface area contributed by atoms with Crippen molar-refractivity contribution in [3.63, 3.8) is 0 Å². The Morgan fingerprint density at radius 3 is 2.75 bits per heavy atom. The zero-order valence-electron chi connectivity index (χ0n) is 17.4. The SMILES string of the molecule is CN(CC(=O)O)[C@H]1CC[C@H](Nc2ncc3ncnc(Nc4ccc(F)c(Cl)c4)c3n2)CC1. The van der Waals surface area contributed by atoms with E-state index in [2.05, 4.69) is 30.6 Å². The lowest BCUT2D eigenvalue weighted by Crippen LogP contribution is -2.40. The van der Waals surface area contributed by atoms with E-state index in [0.717, 1.165) is 25.7 Å². The third kappa shape index (κ3) is 5.20. The number of nitrogens with zero attached hydrogens (tertiary/aromatic N) is 5. The van der Waals surface area contributed by atoms with E-state index in [9.17, 15) is 9.18 Å². The van der Waals surface area contributed by atoms with Crippen LogP contribution in [0, 0.1) is 5.82 Å². The summed E-state index contributed by atoms with van der Waals surface area (Å²) in [4.78, 5) is 30.3. The van der Waals surface area contributed by atoms with Gasteiger partial charge in [-0.25, -0.2) is 24.3 Å². The molecule has 0 aliphatic heterocycles. The number of hydrogen-bond donors (Lipinski definition) is 3. The molecule has 0 unspecified atom stereocenters. The maximum absolute atomic E-state index is 13.4. The molecule has 1 fully saturated rings. The number of hydrogen-bond acceptors (Lipinski definition) is 8. The van der Waals surface area contributed by atoms with Gasteiger partial charge < -0.3 is 15.7 Å². The molecule has 0 spiro atoms. The summed E-state index contributed by atoms with van der Waals surface area (Å²) in [6.07, 6.45) is 6.61. The first kappa shape index (κ1) is 22.1. The van der Waals surface area contributed by atoms with Crippen molar-refractivity contribution in [2.24, 2.45) is 0 Å². The Morgan fingerprint density at radius 2 is 2.03 bits per heavy atom. The third-order valence-corrected chi connectivity index (χ3v) is 5.89. The minimum Gasteiger partial charge on any atom is -0.480 e. The molecule has 1 aliphatic carbocycles. The van der Waals surface area contributed by atoms with Gasteiger partial charge in [-0.15, -0.1) is 0 Å². The molecule has 0 bridgehead atoms. The predicted octanol–water partition coefficient (Wildman–Crippen LogP) is 3.70. The van der Waals surface area contributed by atoms with Gasteiger partial charge in [0.15, 0.2) is 5.82 Å². The average Bonchev–Trinajstić information content (AvgIpc) is 2.77. The highest BCUT2D eigenvalue weighted by Crippen LogP contribution is 2.27. The molecule has 1 aliphatic rings. The zero-order chi connectivity index (χ0) is 22.7. The predicted molar refractivity (Wildman–Crippen MR) is 120 cm³/mol. The summed E-state index contributed by atoms with van der Waals surface area (Å²) in [6.45, 7) is 0.0472. The zero-order valence-corrected chi connectivity index (χ0v) is 18.2. The molecule has 0 atom stereocenters. The number of benzene rings is 1. The molecule has 0 saturated heterocycles. The van der Waals surface area contributed by atoms with Gasteiger partial charge >= 0.3 is 5.97 Å². The number of carboxylic acid groups (broad SMARTS) is 1. The first-order chi connectivity index (χ1) is 15.4. The number of aromatic nitrogens is 4. The fraction of sp³-hybridized carbons (Fsp3) is 0.381. The van der Waals surface area contributed by atoms with Crippen molar-refractivity contribution >= 4 is 46.1 Å². The maximum atomic E-state index is 13.4. The summed E-state index contributed by atoms with van der Waals surface area (Å²) < 4.78 is 13.4. The molecule has 168 valence electrons. The van der Waals surface area contributed by atoms with Gasteiger partial charge in [0.25, 0.3) is 0 Å². The summed E-state index contributed by atoms with van der Waals surface area (Å²) in [5.74, 6) is -0.383. The van der Waals surface area contributed by atoms with E-state index >= 15 is 0 Å². The van der Waals surface area contributed by atoms with Crippen LogP contribution in [0.25, 0.3) is 11.0 Å². The molecule has 0 radical (unpaired) electrons. The normalized spacial score (nSPS) is 18.6. The quantitative estimate of drug-likeness (QED) is 0.486. The van der Waals surface area contributed by atoms with Crippen LogP contribution in [0.15, 0.2) is 30.7 Å². The standard InChI is InChI=1S/C21H23ClFN7O2/c1-30(10-18(31)32)14-5-2-12(3-6-14)28-21-24-9-17-19(29-21)20(26-11-25-17)27-13-4-7-16(23)15(22)8-13/h4,7-9,11-12,14H,2-3,5-6,10H2,1H3,(H,31,32)(H,24,28,29)(H,25,26,27)/t12-,14-.